The van der Waals surface area contributed by atoms with Crippen LogP contribution in [0.15, 0.2) is 0 Å². The van der Waals surface area contributed by atoms with E-state index in [1.165, 1.54) is 28.4 Å². The Hall–Kier alpha value is -0.900. The van der Waals surface area contributed by atoms with Crippen LogP contribution in [0, 0.1) is 0 Å². The fourth-order valence-electron chi connectivity index (χ4n) is 1.99. The molecular formula is C11H14N2OS. The summed E-state index contributed by atoms with van der Waals surface area (Å²) in [6, 6.07) is 0. The minimum Gasteiger partial charge on any atom is -0.337 e. The Bertz CT molecular complexity index is 409. The summed E-state index contributed by atoms with van der Waals surface area (Å²) in [4.78, 5) is 19.2. The molecule has 2 aliphatic rings. The van der Waals surface area contributed by atoms with Crippen LogP contribution < -0.4 is 0 Å². The van der Waals surface area contributed by atoms with Crippen LogP contribution in [0.1, 0.15) is 41.3 Å². The van der Waals surface area contributed by atoms with Gasteiger partial charge in [0.2, 0.25) is 5.91 Å². The van der Waals surface area contributed by atoms with E-state index >= 15 is 0 Å². The molecule has 1 fully saturated rings. The number of carbonyl (C=O) groups is 1. The zero-order chi connectivity index (χ0) is 10.4. The Morgan fingerprint density at radius 3 is 3.00 bits per heavy atom. The first-order valence-electron chi connectivity index (χ1n) is 5.48. The van der Waals surface area contributed by atoms with Gasteiger partial charge in [0.15, 0.2) is 0 Å². The SMILES string of the molecule is CC(=O)N1CCc2nc(C3CC3)sc2C1. The molecule has 1 saturated carbocycles. The summed E-state index contributed by atoms with van der Waals surface area (Å²) in [6.07, 6.45) is 3.56. The second-order valence-corrected chi connectivity index (χ2v) is 5.50. The van der Waals surface area contributed by atoms with Crippen molar-refractivity contribution < 1.29 is 4.79 Å². The van der Waals surface area contributed by atoms with Gasteiger partial charge in [-0.2, -0.15) is 0 Å². The number of hydrogen-bond donors (Lipinski definition) is 0. The van der Waals surface area contributed by atoms with E-state index < -0.39 is 0 Å². The average Bonchev–Trinajstić information content (AvgIpc) is 2.97. The van der Waals surface area contributed by atoms with Crippen LogP contribution in [0.3, 0.4) is 0 Å². The van der Waals surface area contributed by atoms with Crippen molar-refractivity contribution in [2.45, 2.75) is 38.6 Å². The molecule has 3 rings (SSSR count). The van der Waals surface area contributed by atoms with Gasteiger partial charge in [-0.25, -0.2) is 4.98 Å². The normalized spacial score (nSPS) is 20.2. The van der Waals surface area contributed by atoms with Crippen molar-refractivity contribution in [3.8, 4) is 0 Å². The molecular weight excluding hydrogens is 208 g/mol. The molecule has 0 radical (unpaired) electrons. The molecule has 0 atom stereocenters. The van der Waals surface area contributed by atoms with E-state index in [2.05, 4.69) is 4.98 Å². The van der Waals surface area contributed by atoms with Gasteiger partial charge in [-0.05, 0) is 12.8 Å². The molecule has 1 aromatic heterocycles. The molecule has 1 aromatic rings. The van der Waals surface area contributed by atoms with E-state index in [1.54, 1.807) is 6.92 Å². The summed E-state index contributed by atoms with van der Waals surface area (Å²) in [5, 5.41) is 1.31. The molecule has 1 aliphatic heterocycles. The van der Waals surface area contributed by atoms with E-state index in [-0.39, 0.29) is 5.91 Å². The standard InChI is InChI=1S/C11H14N2OS/c1-7(14)13-5-4-9-10(6-13)15-11(12-9)8-2-3-8/h8H,2-6H2,1H3. The van der Waals surface area contributed by atoms with Crippen molar-refractivity contribution in [3.63, 3.8) is 0 Å². The van der Waals surface area contributed by atoms with Gasteiger partial charge in [0.1, 0.15) is 0 Å². The molecule has 0 spiro atoms. The maximum Gasteiger partial charge on any atom is 0.219 e. The van der Waals surface area contributed by atoms with Crippen LogP contribution in [0.25, 0.3) is 0 Å². The quantitative estimate of drug-likeness (QED) is 0.727. The lowest BCUT2D eigenvalue weighted by atomic mass is 10.2. The highest BCUT2D eigenvalue weighted by atomic mass is 32.1. The zero-order valence-corrected chi connectivity index (χ0v) is 9.64. The zero-order valence-electron chi connectivity index (χ0n) is 8.82. The number of thiazole rings is 1. The van der Waals surface area contributed by atoms with Crippen molar-refractivity contribution in [2.75, 3.05) is 6.54 Å². The van der Waals surface area contributed by atoms with E-state index in [1.807, 2.05) is 16.2 Å². The first-order valence-corrected chi connectivity index (χ1v) is 6.29. The molecule has 80 valence electrons. The summed E-state index contributed by atoms with van der Waals surface area (Å²) in [6.45, 7) is 3.28. The van der Waals surface area contributed by atoms with Gasteiger partial charge < -0.3 is 4.90 Å². The van der Waals surface area contributed by atoms with Crippen LogP contribution in [0.5, 0.6) is 0 Å². The molecule has 0 aromatic carbocycles. The fraction of sp³-hybridized carbons (Fsp3) is 0.636. The molecule has 15 heavy (non-hydrogen) atoms. The fourth-order valence-corrected chi connectivity index (χ4v) is 3.29. The number of fused-ring (bicyclic) bond motifs is 1. The molecule has 0 unspecified atom stereocenters. The van der Waals surface area contributed by atoms with Gasteiger partial charge in [0.25, 0.3) is 0 Å². The Morgan fingerprint density at radius 2 is 2.33 bits per heavy atom. The number of carbonyl (C=O) groups excluding carboxylic acids is 1. The number of nitrogens with zero attached hydrogens (tertiary/aromatic N) is 2. The Balaban J connectivity index is 1.85. The lowest BCUT2D eigenvalue weighted by molar-refractivity contribution is -0.129. The highest BCUT2D eigenvalue weighted by molar-refractivity contribution is 7.11. The van der Waals surface area contributed by atoms with Crippen LogP contribution in [0.2, 0.25) is 0 Å². The van der Waals surface area contributed by atoms with Gasteiger partial charge in [-0.15, -0.1) is 11.3 Å². The minimum atomic E-state index is 0.182. The minimum absolute atomic E-state index is 0.182. The van der Waals surface area contributed by atoms with Crippen LogP contribution in [0.4, 0.5) is 0 Å². The van der Waals surface area contributed by atoms with Crippen molar-refractivity contribution in [1.82, 2.24) is 9.88 Å². The number of hydrogen-bond acceptors (Lipinski definition) is 3. The lowest BCUT2D eigenvalue weighted by Crippen LogP contribution is -2.33. The van der Waals surface area contributed by atoms with Gasteiger partial charge in [-0.1, -0.05) is 0 Å². The van der Waals surface area contributed by atoms with E-state index in [9.17, 15) is 4.79 Å². The third-order valence-electron chi connectivity index (χ3n) is 3.12. The second-order valence-electron chi connectivity index (χ2n) is 4.39. The molecule has 1 amide bonds. The summed E-state index contributed by atoms with van der Waals surface area (Å²) in [7, 11) is 0. The Kier molecular flexibility index (Phi) is 2.06. The highest BCUT2D eigenvalue weighted by Gasteiger charge is 2.30. The van der Waals surface area contributed by atoms with Crippen molar-refractivity contribution >= 4 is 17.2 Å². The second kappa shape index (κ2) is 3.30. The van der Waals surface area contributed by atoms with Crippen LogP contribution in [-0.4, -0.2) is 22.3 Å². The smallest absolute Gasteiger partial charge is 0.219 e. The maximum absolute atomic E-state index is 11.3. The monoisotopic (exact) mass is 222 g/mol. The number of amides is 1. The average molecular weight is 222 g/mol. The van der Waals surface area contributed by atoms with Crippen LogP contribution >= 0.6 is 11.3 Å². The third-order valence-corrected chi connectivity index (χ3v) is 4.36. The van der Waals surface area contributed by atoms with Crippen molar-refractivity contribution in [1.29, 1.82) is 0 Å². The first-order chi connectivity index (χ1) is 7.24. The molecule has 4 heteroatoms. The van der Waals surface area contributed by atoms with Crippen LogP contribution in [-0.2, 0) is 17.8 Å². The van der Waals surface area contributed by atoms with E-state index in [0.29, 0.717) is 0 Å². The molecule has 0 N–H and O–H groups in total. The molecule has 2 heterocycles. The summed E-state index contributed by atoms with van der Waals surface area (Å²) in [5.74, 6) is 0.924. The largest absolute Gasteiger partial charge is 0.337 e. The maximum atomic E-state index is 11.3. The summed E-state index contributed by atoms with van der Waals surface area (Å²) in [5.41, 5.74) is 1.25. The molecule has 0 saturated heterocycles. The number of rotatable bonds is 1. The first kappa shape index (κ1) is 9.33. The summed E-state index contributed by atoms with van der Waals surface area (Å²) < 4.78 is 0. The van der Waals surface area contributed by atoms with E-state index in [0.717, 1.165) is 25.4 Å². The summed E-state index contributed by atoms with van der Waals surface area (Å²) >= 11 is 1.82. The van der Waals surface area contributed by atoms with Gasteiger partial charge in [-0.3, -0.25) is 4.79 Å². The van der Waals surface area contributed by atoms with Crippen molar-refractivity contribution in [3.05, 3.63) is 15.6 Å². The predicted octanol–water partition coefficient (Wildman–Crippen LogP) is 1.93. The van der Waals surface area contributed by atoms with Crippen molar-refractivity contribution in [2.24, 2.45) is 0 Å². The van der Waals surface area contributed by atoms with Gasteiger partial charge in [0.05, 0.1) is 17.2 Å². The Labute approximate surface area is 93.1 Å². The van der Waals surface area contributed by atoms with Gasteiger partial charge in [0, 0.05) is 30.7 Å². The molecule has 1 aliphatic carbocycles. The van der Waals surface area contributed by atoms with E-state index in [4.69, 9.17) is 0 Å². The molecule has 3 nitrogen and oxygen atoms in total. The van der Waals surface area contributed by atoms with Gasteiger partial charge >= 0.3 is 0 Å². The number of aromatic nitrogens is 1. The highest BCUT2D eigenvalue weighted by Crippen LogP contribution is 2.43. The predicted molar refractivity (Wildman–Crippen MR) is 58.9 cm³/mol. The lowest BCUT2D eigenvalue weighted by Gasteiger charge is -2.24. The Morgan fingerprint density at radius 1 is 1.53 bits per heavy atom. The topological polar surface area (TPSA) is 33.2 Å². The molecule has 0 bridgehead atoms. The third kappa shape index (κ3) is 1.67.